The maximum absolute atomic E-state index is 11.2. The molecule has 0 radical (unpaired) electrons. The summed E-state index contributed by atoms with van der Waals surface area (Å²) in [5, 5.41) is 23.8. The molecule has 0 bridgehead atoms. The topological polar surface area (TPSA) is 93.9 Å². The van der Waals surface area contributed by atoms with Crippen LogP contribution in [0.2, 0.25) is 0 Å². The van der Waals surface area contributed by atoms with E-state index in [0.717, 1.165) is 12.8 Å². The van der Waals surface area contributed by atoms with E-state index in [4.69, 9.17) is 9.47 Å². The van der Waals surface area contributed by atoms with Crippen LogP contribution in [0.4, 0.5) is 11.4 Å². The Morgan fingerprint density at radius 2 is 1.95 bits per heavy atom. The van der Waals surface area contributed by atoms with Gasteiger partial charge in [-0.1, -0.05) is 13.8 Å². The number of hydrogen-bond donors (Lipinski definition) is 2. The molecule has 21 heavy (non-hydrogen) atoms. The zero-order valence-corrected chi connectivity index (χ0v) is 12.2. The fourth-order valence-corrected chi connectivity index (χ4v) is 2.29. The monoisotopic (exact) mass is 296 g/mol. The fourth-order valence-electron chi connectivity index (χ4n) is 2.29. The summed E-state index contributed by atoms with van der Waals surface area (Å²) < 4.78 is 10.4. The molecular weight excluding hydrogens is 276 g/mol. The molecule has 1 heterocycles. The van der Waals surface area contributed by atoms with Gasteiger partial charge in [0.2, 0.25) is 6.79 Å². The van der Waals surface area contributed by atoms with Crippen LogP contribution in [-0.2, 0) is 0 Å². The number of hydrogen-bond acceptors (Lipinski definition) is 6. The summed E-state index contributed by atoms with van der Waals surface area (Å²) in [7, 11) is 0. The number of rotatable bonds is 7. The Kier molecular flexibility index (Phi) is 4.52. The van der Waals surface area contributed by atoms with Crippen LogP contribution in [0.5, 0.6) is 11.5 Å². The lowest BCUT2D eigenvalue weighted by atomic mass is 9.83. The third-order valence-electron chi connectivity index (χ3n) is 4.18. The van der Waals surface area contributed by atoms with Crippen molar-refractivity contribution >= 4 is 11.4 Å². The number of aliphatic hydroxyl groups excluding tert-OH is 1. The summed E-state index contributed by atoms with van der Waals surface area (Å²) in [6.45, 7) is 4.55. The fraction of sp³-hybridized carbons (Fsp3) is 0.571. The largest absolute Gasteiger partial charge is 0.454 e. The maximum Gasteiger partial charge on any atom is 0.296 e. The van der Waals surface area contributed by atoms with Crippen molar-refractivity contribution in [3.63, 3.8) is 0 Å². The Morgan fingerprint density at radius 3 is 2.48 bits per heavy atom. The van der Waals surface area contributed by atoms with E-state index in [1.807, 2.05) is 13.8 Å². The minimum atomic E-state index is -0.456. The van der Waals surface area contributed by atoms with Gasteiger partial charge < -0.3 is 19.9 Å². The summed E-state index contributed by atoms with van der Waals surface area (Å²) in [6, 6.07) is 2.94. The van der Waals surface area contributed by atoms with Crippen molar-refractivity contribution in [3.05, 3.63) is 22.2 Å². The Balaban J connectivity index is 2.25. The molecule has 1 aliphatic heterocycles. The highest BCUT2D eigenvalue weighted by Gasteiger charge is 2.28. The number of nitrogens with one attached hydrogen (secondary N) is 1. The second kappa shape index (κ2) is 6.17. The second-order valence-corrected chi connectivity index (χ2v) is 5.20. The molecule has 0 aromatic heterocycles. The highest BCUT2D eigenvalue weighted by atomic mass is 16.7. The summed E-state index contributed by atoms with van der Waals surface area (Å²) >= 11 is 0. The molecule has 1 aromatic rings. The van der Waals surface area contributed by atoms with E-state index in [2.05, 4.69) is 5.32 Å². The molecule has 0 spiro atoms. The molecule has 0 fully saturated rings. The molecule has 2 rings (SSSR count). The van der Waals surface area contributed by atoms with E-state index in [1.54, 1.807) is 6.07 Å². The van der Waals surface area contributed by atoms with Crippen LogP contribution in [0.15, 0.2) is 12.1 Å². The maximum atomic E-state index is 11.2. The van der Waals surface area contributed by atoms with Gasteiger partial charge in [0.15, 0.2) is 11.5 Å². The van der Waals surface area contributed by atoms with Gasteiger partial charge in [-0.25, -0.2) is 0 Å². The third kappa shape index (κ3) is 3.02. The first-order valence-electron chi connectivity index (χ1n) is 6.98. The molecule has 0 atom stereocenters. The van der Waals surface area contributed by atoms with E-state index in [-0.39, 0.29) is 24.5 Å². The summed E-state index contributed by atoms with van der Waals surface area (Å²) in [4.78, 5) is 10.7. The van der Waals surface area contributed by atoms with E-state index in [9.17, 15) is 15.2 Å². The van der Waals surface area contributed by atoms with E-state index in [1.165, 1.54) is 6.07 Å². The average Bonchev–Trinajstić information content (AvgIpc) is 2.95. The van der Waals surface area contributed by atoms with E-state index >= 15 is 0 Å². The Hall–Kier alpha value is -2.02. The molecule has 2 N–H and O–H groups in total. The molecule has 1 aromatic carbocycles. The first kappa shape index (κ1) is 15.4. The van der Waals surface area contributed by atoms with Gasteiger partial charge in [0.25, 0.3) is 5.69 Å². The van der Waals surface area contributed by atoms with Gasteiger partial charge in [-0.05, 0) is 12.8 Å². The smallest absolute Gasteiger partial charge is 0.296 e. The van der Waals surface area contributed by atoms with Crippen molar-refractivity contribution in [3.8, 4) is 11.5 Å². The van der Waals surface area contributed by atoms with Gasteiger partial charge >= 0.3 is 0 Å². The van der Waals surface area contributed by atoms with Crippen molar-refractivity contribution in [1.29, 1.82) is 0 Å². The molecule has 0 amide bonds. The van der Waals surface area contributed by atoms with E-state index in [0.29, 0.717) is 23.7 Å². The zero-order chi connectivity index (χ0) is 15.5. The van der Waals surface area contributed by atoms with Crippen molar-refractivity contribution in [1.82, 2.24) is 0 Å². The number of ether oxygens (including phenoxy) is 2. The van der Waals surface area contributed by atoms with Gasteiger partial charge in [0, 0.05) is 18.0 Å². The number of nitrogens with zero attached hydrogens (tertiary/aromatic N) is 1. The van der Waals surface area contributed by atoms with E-state index < -0.39 is 4.92 Å². The Morgan fingerprint density at radius 1 is 1.33 bits per heavy atom. The van der Waals surface area contributed by atoms with Crippen LogP contribution in [-0.4, -0.2) is 30.0 Å². The van der Waals surface area contributed by atoms with Crippen molar-refractivity contribution in [2.24, 2.45) is 5.41 Å². The Labute approximate surface area is 123 Å². The molecule has 116 valence electrons. The van der Waals surface area contributed by atoms with Gasteiger partial charge in [-0.3, -0.25) is 10.1 Å². The number of benzene rings is 1. The first-order chi connectivity index (χ1) is 10.0. The third-order valence-corrected chi connectivity index (χ3v) is 4.18. The molecule has 1 aliphatic rings. The first-order valence-corrected chi connectivity index (χ1v) is 6.98. The predicted molar refractivity (Wildman–Crippen MR) is 77.8 cm³/mol. The second-order valence-electron chi connectivity index (χ2n) is 5.20. The van der Waals surface area contributed by atoms with Gasteiger partial charge in [-0.15, -0.1) is 0 Å². The standard InChI is InChI=1S/C14H20N2O5/c1-3-14(4-2,8-17)7-15-10-5-12-13(21-9-20-12)6-11(10)16(18)19/h5-6,15,17H,3-4,7-9H2,1-2H3. The summed E-state index contributed by atoms with van der Waals surface area (Å²) in [6.07, 6.45) is 1.57. The van der Waals surface area contributed by atoms with Crippen molar-refractivity contribution in [2.75, 3.05) is 25.3 Å². The van der Waals surface area contributed by atoms with Crippen LogP contribution >= 0.6 is 0 Å². The number of anilines is 1. The average molecular weight is 296 g/mol. The summed E-state index contributed by atoms with van der Waals surface area (Å²) in [5.41, 5.74) is 0.0341. The lowest BCUT2D eigenvalue weighted by Crippen LogP contribution is -2.32. The van der Waals surface area contributed by atoms with Gasteiger partial charge in [0.05, 0.1) is 17.6 Å². The number of nitro benzene ring substituents is 1. The summed E-state index contributed by atoms with van der Waals surface area (Å²) in [5.74, 6) is 0.873. The highest BCUT2D eigenvalue weighted by Crippen LogP contribution is 2.41. The predicted octanol–water partition coefficient (Wildman–Crippen LogP) is 2.53. The molecule has 0 saturated heterocycles. The quantitative estimate of drug-likeness (QED) is 0.593. The normalized spacial score (nSPS) is 13.3. The van der Waals surface area contributed by atoms with Crippen molar-refractivity contribution in [2.45, 2.75) is 26.7 Å². The minimum Gasteiger partial charge on any atom is -0.454 e. The molecular formula is C14H20N2O5. The molecule has 0 unspecified atom stereocenters. The number of fused-ring (bicyclic) bond motifs is 1. The van der Waals surface area contributed by atoms with Crippen LogP contribution in [0.3, 0.4) is 0 Å². The molecule has 7 heteroatoms. The number of nitro groups is 1. The highest BCUT2D eigenvalue weighted by molar-refractivity contribution is 5.69. The van der Waals surface area contributed by atoms with Gasteiger partial charge in [0.1, 0.15) is 5.69 Å². The lowest BCUT2D eigenvalue weighted by molar-refractivity contribution is -0.384. The minimum absolute atomic E-state index is 0.0331. The molecule has 0 saturated carbocycles. The van der Waals surface area contributed by atoms with Crippen LogP contribution in [0, 0.1) is 15.5 Å². The van der Waals surface area contributed by atoms with Crippen LogP contribution in [0.25, 0.3) is 0 Å². The van der Waals surface area contributed by atoms with Crippen LogP contribution < -0.4 is 14.8 Å². The Bertz CT molecular complexity index is 520. The molecule has 0 aliphatic carbocycles. The lowest BCUT2D eigenvalue weighted by Gasteiger charge is -2.29. The van der Waals surface area contributed by atoms with Crippen molar-refractivity contribution < 1.29 is 19.5 Å². The zero-order valence-electron chi connectivity index (χ0n) is 12.2. The SMILES string of the molecule is CCC(CC)(CO)CNc1cc2c(cc1[N+](=O)[O-])OCO2. The van der Waals surface area contributed by atoms with Crippen LogP contribution in [0.1, 0.15) is 26.7 Å². The number of aliphatic hydroxyl groups is 1. The van der Waals surface area contributed by atoms with Gasteiger partial charge in [-0.2, -0.15) is 0 Å². The molecule has 7 nitrogen and oxygen atoms in total.